The van der Waals surface area contributed by atoms with Crippen LogP contribution in [0.2, 0.25) is 0 Å². The number of carboxylic acid groups (broad SMARTS) is 1. The lowest BCUT2D eigenvalue weighted by Crippen LogP contribution is -2.49. The first-order chi connectivity index (χ1) is 9.52. The molecule has 0 spiro atoms. The molecule has 1 aromatic heterocycles. The van der Waals surface area contributed by atoms with E-state index in [0.717, 1.165) is 0 Å². The van der Waals surface area contributed by atoms with Gasteiger partial charge in [0.05, 0.1) is 6.42 Å². The lowest BCUT2D eigenvalue weighted by molar-refractivity contribution is -0.144. The first kappa shape index (κ1) is 16.9. The largest absolute Gasteiger partial charge is 0.480 e. The van der Waals surface area contributed by atoms with Crippen LogP contribution in [0.5, 0.6) is 0 Å². The van der Waals surface area contributed by atoms with Crippen LogP contribution in [0.1, 0.15) is 37.7 Å². The average molecular weight is 295 g/mol. The quantitative estimate of drug-likeness (QED) is 0.750. The summed E-state index contributed by atoms with van der Waals surface area (Å²) in [6.45, 7) is 8.54. The smallest absolute Gasteiger partial charge is 0.345 e. The third-order valence-corrected chi connectivity index (χ3v) is 3.21. The normalized spacial score (nSPS) is 12.8. The topological polar surface area (TPSA) is 112 Å². The van der Waals surface area contributed by atoms with Crippen molar-refractivity contribution < 1.29 is 14.7 Å². The third-order valence-electron chi connectivity index (χ3n) is 3.21. The van der Waals surface area contributed by atoms with Crippen molar-refractivity contribution in [2.75, 3.05) is 0 Å². The van der Waals surface area contributed by atoms with Crippen molar-refractivity contribution in [1.29, 1.82) is 0 Å². The molecule has 0 aliphatic heterocycles. The minimum atomic E-state index is -1.08. The minimum Gasteiger partial charge on any atom is -0.480 e. The van der Waals surface area contributed by atoms with E-state index in [1.807, 2.05) is 0 Å². The monoisotopic (exact) mass is 295 g/mol. The highest BCUT2D eigenvalue weighted by Gasteiger charge is 2.32. The van der Waals surface area contributed by atoms with Crippen LogP contribution in [-0.4, -0.2) is 33.0 Å². The van der Waals surface area contributed by atoms with Gasteiger partial charge in [0.15, 0.2) is 0 Å². The maximum Gasteiger partial charge on any atom is 0.345 e. The summed E-state index contributed by atoms with van der Waals surface area (Å²) in [5.74, 6) is -1.50. The van der Waals surface area contributed by atoms with Crippen molar-refractivity contribution in [2.45, 2.75) is 47.1 Å². The van der Waals surface area contributed by atoms with Gasteiger partial charge in [0.1, 0.15) is 6.04 Å². The lowest BCUT2D eigenvalue weighted by atomic mass is 9.86. The molecule has 0 saturated heterocycles. The van der Waals surface area contributed by atoms with E-state index in [4.69, 9.17) is 0 Å². The van der Waals surface area contributed by atoms with Gasteiger partial charge in [-0.05, 0) is 19.3 Å². The number of aromatic amines is 1. The molecule has 1 unspecified atom stereocenters. The molecule has 1 amide bonds. The molecule has 0 aliphatic rings. The Hall–Kier alpha value is -2.18. The fraction of sp³-hybridized carbons (Fsp3) is 0.571. The molecule has 0 aromatic carbocycles. The van der Waals surface area contributed by atoms with Crippen LogP contribution < -0.4 is 11.0 Å². The number of nitrogens with zero attached hydrogens (tertiary/aromatic N) is 1. The van der Waals surface area contributed by atoms with E-state index < -0.39 is 29.0 Å². The van der Waals surface area contributed by atoms with Gasteiger partial charge in [-0.25, -0.2) is 9.59 Å². The van der Waals surface area contributed by atoms with Crippen LogP contribution in [-0.2, 0) is 16.0 Å². The molecule has 0 bridgehead atoms. The van der Waals surface area contributed by atoms with Gasteiger partial charge in [-0.15, -0.1) is 0 Å². The zero-order valence-corrected chi connectivity index (χ0v) is 12.9. The summed E-state index contributed by atoms with van der Waals surface area (Å²) in [6.07, 6.45) is -0.0265. The zero-order valence-electron chi connectivity index (χ0n) is 12.9. The number of carbonyl (C=O) groups excluding carboxylic acids is 1. The number of hydrogen-bond acceptors (Lipinski definition) is 4. The highest BCUT2D eigenvalue weighted by Crippen LogP contribution is 2.19. The summed E-state index contributed by atoms with van der Waals surface area (Å²) >= 11 is 0. The van der Waals surface area contributed by atoms with E-state index in [-0.39, 0.29) is 6.42 Å². The molecular formula is C14H21N3O4. The van der Waals surface area contributed by atoms with E-state index in [0.29, 0.717) is 17.0 Å². The van der Waals surface area contributed by atoms with Crippen LogP contribution in [0.4, 0.5) is 0 Å². The number of carboxylic acids is 1. The Balaban J connectivity index is 2.92. The van der Waals surface area contributed by atoms with Gasteiger partial charge in [-0.1, -0.05) is 20.8 Å². The van der Waals surface area contributed by atoms with Crippen molar-refractivity contribution in [3.8, 4) is 0 Å². The molecule has 0 radical (unpaired) electrons. The van der Waals surface area contributed by atoms with Gasteiger partial charge < -0.3 is 15.4 Å². The molecule has 1 aromatic rings. The number of aliphatic carboxylic acids is 1. The Kier molecular flexibility index (Phi) is 4.88. The number of rotatable bonds is 4. The summed E-state index contributed by atoms with van der Waals surface area (Å²) in [5, 5.41) is 11.7. The molecule has 3 N–H and O–H groups in total. The number of carbonyl (C=O) groups is 2. The second-order valence-electron chi connectivity index (χ2n) is 6.11. The van der Waals surface area contributed by atoms with Crippen LogP contribution in [0.15, 0.2) is 4.79 Å². The van der Waals surface area contributed by atoms with Gasteiger partial charge >= 0.3 is 11.7 Å². The molecule has 0 fully saturated rings. The van der Waals surface area contributed by atoms with Gasteiger partial charge in [0.25, 0.3) is 0 Å². The van der Waals surface area contributed by atoms with Crippen molar-refractivity contribution >= 4 is 11.9 Å². The number of amides is 1. The fourth-order valence-corrected chi connectivity index (χ4v) is 2.04. The summed E-state index contributed by atoms with van der Waals surface area (Å²) in [5.41, 5.74) is 0.561. The SMILES string of the molecule is Cc1nc(=O)[nH]c(C)c1CC(=O)NC(C(=O)O)C(C)(C)C. The Morgan fingerprint density at radius 2 is 1.90 bits per heavy atom. The zero-order chi connectivity index (χ0) is 16.4. The number of aryl methyl sites for hydroxylation is 2. The molecule has 116 valence electrons. The second kappa shape index (κ2) is 6.07. The minimum absolute atomic E-state index is 0.0265. The number of aromatic nitrogens is 2. The van der Waals surface area contributed by atoms with E-state index in [9.17, 15) is 19.5 Å². The maximum absolute atomic E-state index is 12.1. The van der Waals surface area contributed by atoms with E-state index in [2.05, 4.69) is 15.3 Å². The molecule has 7 nitrogen and oxygen atoms in total. The first-order valence-electron chi connectivity index (χ1n) is 6.61. The van der Waals surface area contributed by atoms with E-state index in [1.54, 1.807) is 34.6 Å². The molecule has 0 saturated carbocycles. The van der Waals surface area contributed by atoms with E-state index >= 15 is 0 Å². The van der Waals surface area contributed by atoms with Crippen LogP contribution in [0, 0.1) is 19.3 Å². The molecule has 21 heavy (non-hydrogen) atoms. The molecule has 0 aliphatic carbocycles. The van der Waals surface area contributed by atoms with Gasteiger partial charge in [-0.3, -0.25) is 4.79 Å². The van der Waals surface area contributed by atoms with Crippen LogP contribution in [0.3, 0.4) is 0 Å². The highest BCUT2D eigenvalue weighted by molar-refractivity contribution is 5.85. The van der Waals surface area contributed by atoms with Gasteiger partial charge in [0.2, 0.25) is 5.91 Å². The fourth-order valence-electron chi connectivity index (χ4n) is 2.04. The lowest BCUT2D eigenvalue weighted by Gasteiger charge is -2.27. The number of nitrogens with one attached hydrogen (secondary N) is 2. The first-order valence-corrected chi connectivity index (χ1v) is 6.61. The molecular weight excluding hydrogens is 274 g/mol. The van der Waals surface area contributed by atoms with Crippen LogP contribution in [0.25, 0.3) is 0 Å². The predicted octanol–water partition coefficient (Wildman–Crippen LogP) is 0.545. The number of hydrogen-bond donors (Lipinski definition) is 3. The predicted molar refractivity (Wildman–Crippen MR) is 77.1 cm³/mol. The standard InChI is InChI=1S/C14H21N3O4/c1-7-9(8(2)16-13(21)15-7)6-10(18)17-11(12(19)20)14(3,4)5/h11H,6H2,1-5H3,(H,17,18)(H,19,20)(H,15,16,21). The van der Waals surface area contributed by atoms with Gasteiger partial charge in [-0.2, -0.15) is 4.98 Å². The van der Waals surface area contributed by atoms with Crippen molar-refractivity contribution in [3.63, 3.8) is 0 Å². The second-order valence-corrected chi connectivity index (χ2v) is 6.11. The van der Waals surface area contributed by atoms with E-state index in [1.165, 1.54) is 0 Å². The molecule has 1 rings (SSSR count). The summed E-state index contributed by atoms with van der Waals surface area (Å²) in [6, 6.07) is -0.985. The van der Waals surface area contributed by atoms with Gasteiger partial charge in [0, 0.05) is 17.0 Å². The number of H-pyrrole nitrogens is 1. The average Bonchev–Trinajstić information content (AvgIpc) is 2.28. The Bertz CT molecular complexity index is 587. The molecule has 1 atom stereocenters. The Labute approximate surface area is 122 Å². The summed E-state index contributed by atoms with van der Waals surface area (Å²) in [7, 11) is 0. The highest BCUT2D eigenvalue weighted by atomic mass is 16.4. The Morgan fingerprint density at radius 3 is 2.33 bits per heavy atom. The Morgan fingerprint density at radius 1 is 1.33 bits per heavy atom. The molecule has 1 heterocycles. The summed E-state index contributed by atoms with van der Waals surface area (Å²) < 4.78 is 0. The molecule has 7 heteroatoms. The van der Waals surface area contributed by atoms with Crippen LogP contribution >= 0.6 is 0 Å². The van der Waals surface area contributed by atoms with Crippen molar-refractivity contribution in [3.05, 3.63) is 27.4 Å². The summed E-state index contributed by atoms with van der Waals surface area (Å²) in [4.78, 5) is 40.8. The third kappa shape index (κ3) is 4.40. The maximum atomic E-state index is 12.1. The van der Waals surface area contributed by atoms with Crippen molar-refractivity contribution in [1.82, 2.24) is 15.3 Å². The van der Waals surface area contributed by atoms with Crippen molar-refractivity contribution in [2.24, 2.45) is 5.41 Å².